The van der Waals surface area contributed by atoms with Crippen LogP contribution < -0.4 is 5.32 Å². The van der Waals surface area contributed by atoms with Gasteiger partial charge in [0.2, 0.25) is 0 Å². The minimum atomic E-state index is -0.333. The average molecular weight is 432 g/mol. The third-order valence-corrected chi connectivity index (χ3v) is 3.90. The maximum absolute atomic E-state index is 12.1. The molecule has 0 aliphatic heterocycles. The number of nitrogens with one attached hydrogen (secondary N) is 1. The first kappa shape index (κ1) is 14.3. The van der Waals surface area contributed by atoms with Gasteiger partial charge < -0.3 is 10.4 Å². The molecule has 0 saturated heterocycles. The van der Waals surface area contributed by atoms with E-state index in [1.54, 1.807) is 12.1 Å². The second kappa shape index (κ2) is 5.92. The standard InChI is InChI=1S/C14H11BrINO2/c1-8-2-4-12(11(15)6-8)17-14(19)10-7-9(16)3-5-13(10)18/h2-7,18H,1H3,(H,17,19). The summed E-state index contributed by atoms with van der Waals surface area (Å²) in [4.78, 5) is 12.1. The van der Waals surface area contributed by atoms with E-state index in [1.807, 2.05) is 25.1 Å². The van der Waals surface area contributed by atoms with E-state index in [0.717, 1.165) is 13.6 Å². The third kappa shape index (κ3) is 3.48. The number of halogens is 2. The summed E-state index contributed by atoms with van der Waals surface area (Å²) in [5.41, 5.74) is 2.04. The molecule has 3 nitrogen and oxygen atoms in total. The van der Waals surface area contributed by atoms with Crippen LogP contribution in [0.3, 0.4) is 0 Å². The number of rotatable bonds is 2. The van der Waals surface area contributed by atoms with Gasteiger partial charge in [0.05, 0.1) is 11.3 Å². The van der Waals surface area contributed by atoms with E-state index in [9.17, 15) is 9.90 Å². The molecule has 0 aromatic heterocycles. The first-order valence-corrected chi connectivity index (χ1v) is 7.40. The molecule has 0 atom stereocenters. The van der Waals surface area contributed by atoms with Gasteiger partial charge in [-0.05, 0) is 81.3 Å². The Morgan fingerprint density at radius 1 is 1.26 bits per heavy atom. The Bertz CT molecular complexity index is 643. The van der Waals surface area contributed by atoms with Crippen LogP contribution in [0.15, 0.2) is 40.9 Å². The van der Waals surface area contributed by atoms with Crippen LogP contribution in [-0.4, -0.2) is 11.0 Å². The summed E-state index contributed by atoms with van der Waals surface area (Å²) in [6.07, 6.45) is 0. The number of phenolic OH excluding ortho intramolecular Hbond substituents is 1. The fourth-order valence-electron chi connectivity index (χ4n) is 1.60. The molecule has 0 fully saturated rings. The van der Waals surface area contributed by atoms with Crippen molar-refractivity contribution >= 4 is 50.1 Å². The van der Waals surface area contributed by atoms with E-state index in [1.165, 1.54) is 6.07 Å². The van der Waals surface area contributed by atoms with Gasteiger partial charge in [0.25, 0.3) is 5.91 Å². The highest BCUT2D eigenvalue weighted by molar-refractivity contribution is 14.1. The smallest absolute Gasteiger partial charge is 0.259 e. The molecule has 5 heteroatoms. The predicted molar refractivity (Wildman–Crippen MR) is 87.7 cm³/mol. The number of hydrogen-bond acceptors (Lipinski definition) is 2. The van der Waals surface area contributed by atoms with E-state index in [0.29, 0.717) is 5.69 Å². The van der Waals surface area contributed by atoms with Crippen LogP contribution in [-0.2, 0) is 0 Å². The van der Waals surface area contributed by atoms with E-state index in [-0.39, 0.29) is 17.2 Å². The van der Waals surface area contributed by atoms with Gasteiger partial charge in [0.15, 0.2) is 0 Å². The molecule has 0 heterocycles. The van der Waals surface area contributed by atoms with Gasteiger partial charge in [0.1, 0.15) is 5.75 Å². The number of anilines is 1. The molecular weight excluding hydrogens is 421 g/mol. The van der Waals surface area contributed by atoms with Crippen LogP contribution >= 0.6 is 38.5 Å². The number of aryl methyl sites for hydroxylation is 1. The lowest BCUT2D eigenvalue weighted by Gasteiger charge is -2.09. The summed E-state index contributed by atoms with van der Waals surface area (Å²) in [5, 5.41) is 12.5. The predicted octanol–water partition coefficient (Wildman–Crippen LogP) is 4.32. The summed E-state index contributed by atoms with van der Waals surface area (Å²) in [6.45, 7) is 1.97. The molecule has 2 aromatic carbocycles. The lowest BCUT2D eigenvalue weighted by molar-refractivity contribution is 0.102. The molecule has 1 amide bonds. The van der Waals surface area contributed by atoms with Crippen molar-refractivity contribution in [2.45, 2.75) is 6.92 Å². The van der Waals surface area contributed by atoms with Crippen LogP contribution in [0.2, 0.25) is 0 Å². The van der Waals surface area contributed by atoms with Crippen molar-refractivity contribution in [3.8, 4) is 5.75 Å². The molecule has 0 saturated carbocycles. The normalized spacial score (nSPS) is 10.3. The van der Waals surface area contributed by atoms with Crippen molar-refractivity contribution in [1.82, 2.24) is 0 Å². The molecule has 2 N–H and O–H groups in total. The highest BCUT2D eigenvalue weighted by atomic mass is 127. The second-order valence-corrected chi connectivity index (χ2v) is 6.20. The average Bonchev–Trinajstić information content (AvgIpc) is 2.35. The quantitative estimate of drug-likeness (QED) is 0.695. The maximum Gasteiger partial charge on any atom is 0.259 e. The molecular formula is C14H11BrINO2. The Hall–Kier alpha value is -1.08. The lowest BCUT2D eigenvalue weighted by atomic mass is 10.1. The highest BCUT2D eigenvalue weighted by Gasteiger charge is 2.13. The summed E-state index contributed by atoms with van der Waals surface area (Å²) < 4.78 is 1.70. The number of amides is 1. The number of phenols is 1. The molecule has 0 radical (unpaired) electrons. The van der Waals surface area contributed by atoms with Crippen molar-refractivity contribution < 1.29 is 9.90 Å². The van der Waals surface area contributed by atoms with Crippen molar-refractivity contribution in [2.75, 3.05) is 5.32 Å². The lowest BCUT2D eigenvalue weighted by Crippen LogP contribution is -2.12. The molecule has 0 bridgehead atoms. The number of carbonyl (C=O) groups excluding carboxylic acids is 1. The van der Waals surface area contributed by atoms with Crippen molar-refractivity contribution in [3.63, 3.8) is 0 Å². The Labute approximate surface area is 133 Å². The van der Waals surface area contributed by atoms with Crippen LogP contribution in [0.4, 0.5) is 5.69 Å². The van der Waals surface area contributed by atoms with Crippen molar-refractivity contribution in [1.29, 1.82) is 0 Å². The number of aromatic hydroxyl groups is 1. The van der Waals surface area contributed by atoms with Gasteiger partial charge in [-0.3, -0.25) is 4.79 Å². The van der Waals surface area contributed by atoms with Gasteiger partial charge >= 0.3 is 0 Å². The van der Waals surface area contributed by atoms with Crippen LogP contribution in [0.25, 0.3) is 0 Å². The molecule has 19 heavy (non-hydrogen) atoms. The number of carbonyl (C=O) groups is 1. The van der Waals surface area contributed by atoms with Gasteiger partial charge in [-0.1, -0.05) is 6.07 Å². The van der Waals surface area contributed by atoms with Crippen LogP contribution in [0.5, 0.6) is 5.75 Å². The Morgan fingerprint density at radius 2 is 2.00 bits per heavy atom. The van der Waals surface area contributed by atoms with E-state index >= 15 is 0 Å². The fraction of sp³-hybridized carbons (Fsp3) is 0.0714. The molecule has 2 aromatic rings. The second-order valence-electron chi connectivity index (χ2n) is 4.10. The number of hydrogen-bond donors (Lipinski definition) is 2. The zero-order chi connectivity index (χ0) is 14.0. The van der Waals surface area contributed by atoms with Gasteiger partial charge in [-0.15, -0.1) is 0 Å². The Balaban J connectivity index is 2.28. The molecule has 98 valence electrons. The number of benzene rings is 2. The largest absolute Gasteiger partial charge is 0.507 e. The minimum absolute atomic E-state index is 0.0267. The maximum atomic E-state index is 12.1. The van der Waals surface area contributed by atoms with E-state index in [2.05, 4.69) is 43.8 Å². The summed E-state index contributed by atoms with van der Waals surface area (Å²) in [6, 6.07) is 10.6. The first-order valence-electron chi connectivity index (χ1n) is 5.53. The topological polar surface area (TPSA) is 49.3 Å². The summed E-state index contributed by atoms with van der Waals surface area (Å²) in [5.74, 6) is -0.360. The van der Waals surface area contributed by atoms with Gasteiger partial charge in [-0.25, -0.2) is 0 Å². The molecule has 0 aliphatic rings. The van der Waals surface area contributed by atoms with Gasteiger partial charge in [0, 0.05) is 8.04 Å². The Morgan fingerprint density at radius 3 is 2.68 bits per heavy atom. The SMILES string of the molecule is Cc1ccc(NC(=O)c2cc(I)ccc2O)c(Br)c1. The molecule has 2 rings (SSSR count). The molecule has 0 unspecified atom stereocenters. The highest BCUT2D eigenvalue weighted by Crippen LogP contribution is 2.26. The van der Waals surface area contributed by atoms with Crippen LogP contribution in [0, 0.1) is 10.5 Å². The van der Waals surface area contributed by atoms with Crippen LogP contribution in [0.1, 0.15) is 15.9 Å². The molecule has 0 spiro atoms. The summed E-state index contributed by atoms with van der Waals surface area (Å²) >= 11 is 5.50. The van der Waals surface area contributed by atoms with Gasteiger partial charge in [-0.2, -0.15) is 0 Å². The summed E-state index contributed by atoms with van der Waals surface area (Å²) in [7, 11) is 0. The van der Waals surface area contributed by atoms with Crippen molar-refractivity contribution in [2.24, 2.45) is 0 Å². The van der Waals surface area contributed by atoms with E-state index in [4.69, 9.17) is 0 Å². The van der Waals surface area contributed by atoms with Crippen molar-refractivity contribution in [3.05, 3.63) is 55.6 Å². The zero-order valence-electron chi connectivity index (χ0n) is 10.1. The monoisotopic (exact) mass is 431 g/mol. The molecule has 0 aliphatic carbocycles. The fourth-order valence-corrected chi connectivity index (χ4v) is 2.68. The Kier molecular flexibility index (Phi) is 4.46. The zero-order valence-corrected chi connectivity index (χ0v) is 13.8. The first-order chi connectivity index (χ1) is 8.97. The van der Waals surface area contributed by atoms with E-state index < -0.39 is 0 Å². The third-order valence-electron chi connectivity index (χ3n) is 2.58. The minimum Gasteiger partial charge on any atom is -0.507 e.